The summed E-state index contributed by atoms with van der Waals surface area (Å²) in [4.78, 5) is 25.7. The van der Waals surface area contributed by atoms with Gasteiger partial charge in [-0.25, -0.2) is 12.7 Å². The summed E-state index contributed by atoms with van der Waals surface area (Å²) < 4.78 is 30.8. The number of hydrogen-bond donors (Lipinski definition) is 1. The molecule has 0 heterocycles. The molecule has 8 nitrogen and oxygen atoms in total. The molecule has 0 aliphatic rings. The third-order valence-corrected chi connectivity index (χ3v) is 5.35. The van der Waals surface area contributed by atoms with Crippen LogP contribution in [0.25, 0.3) is 0 Å². The Balaban J connectivity index is 2.97. The van der Waals surface area contributed by atoms with Crippen LogP contribution in [0.5, 0.6) is 0 Å². The lowest BCUT2D eigenvalue weighted by Gasteiger charge is -2.20. The second kappa shape index (κ2) is 8.71. The van der Waals surface area contributed by atoms with Crippen LogP contribution in [0, 0.1) is 5.41 Å². The van der Waals surface area contributed by atoms with Crippen molar-refractivity contribution in [3.8, 4) is 0 Å². The monoisotopic (exact) mass is 399 g/mol. The van der Waals surface area contributed by atoms with Gasteiger partial charge in [0.2, 0.25) is 10.0 Å². The van der Waals surface area contributed by atoms with E-state index in [1.54, 1.807) is 25.1 Å². The first-order valence-electron chi connectivity index (χ1n) is 8.43. The van der Waals surface area contributed by atoms with Crippen molar-refractivity contribution >= 4 is 33.3 Å². The fourth-order valence-corrected chi connectivity index (χ4v) is 3.12. The Hall–Kier alpha value is -2.13. The molecule has 0 bridgehead atoms. The molecule has 0 aromatic heterocycles. The number of anilines is 2. The molecule has 0 fully saturated rings. The van der Waals surface area contributed by atoms with E-state index in [9.17, 15) is 18.0 Å². The quantitative estimate of drug-likeness (QED) is 0.704. The highest BCUT2D eigenvalue weighted by molar-refractivity contribution is 7.89. The van der Waals surface area contributed by atoms with Gasteiger partial charge in [-0.05, 0) is 23.6 Å². The Labute approximate surface area is 161 Å². The van der Waals surface area contributed by atoms with Crippen molar-refractivity contribution in [3.05, 3.63) is 18.2 Å². The van der Waals surface area contributed by atoms with Gasteiger partial charge in [-0.3, -0.25) is 9.59 Å². The summed E-state index contributed by atoms with van der Waals surface area (Å²) in [6.07, 6.45) is 0.194. The van der Waals surface area contributed by atoms with Gasteiger partial charge < -0.3 is 15.0 Å². The molecule has 0 atom stereocenters. The summed E-state index contributed by atoms with van der Waals surface area (Å²) >= 11 is 0. The van der Waals surface area contributed by atoms with E-state index in [1.165, 1.54) is 26.2 Å². The number of ether oxygens (including phenoxy) is 1. The zero-order valence-corrected chi connectivity index (χ0v) is 17.8. The molecule has 1 N–H and O–H groups in total. The van der Waals surface area contributed by atoms with Crippen molar-refractivity contribution in [2.45, 2.75) is 32.1 Å². The van der Waals surface area contributed by atoms with E-state index in [2.05, 4.69) is 5.32 Å². The molecule has 0 spiro atoms. The first kappa shape index (κ1) is 22.9. The van der Waals surface area contributed by atoms with Gasteiger partial charge in [0.15, 0.2) is 6.61 Å². The minimum absolute atomic E-state index is 0.0538. The Morgan fingerprint density at radius 2 is 1.70 bits per heavy atom. The zero-order valence-electron chi connectivity index (χ0n) is 17.0. The van der Waals surface area contributed by atoms with Crippen LogP contribution in [0.3, 0.4) is 0 Å². The van der Waals surface area contributed by atoms with Gasteiger partial charge in [0.25, 0.3) is 5.91 Å². The average Bonchev–Trinajstić information content (AvgIpc) is 2.50. The summed E-state index contributed by atoms with van der Waals surface area (Å²) in [7, 11) is 2.76. The number of amides is 1. The molecular weight excluding hydrogens is 370 g/mol. The number of carbonyl (C=O) groups is 2. The van der Waals surface area contributed by atoms with E-state index < -0.39 is 28.5 Å². The van der Waals surface area contributed by atoms with Crippen molar-refractivity contribution in [2.24, 2.45) is 5.41 Å². The summed E-state index contributed by atoms with van der Waals surface area (Å²) in [6.45, 7) is 5.25. The van der Waals surface area contributed by atoms with Gasteiger partial charge in [0.05, 0.1) is 22.7 Å². The van der Waals surface area contributed by atoms with Crippen molar-refractivity contribution in [1.29, 1.82) is 0 Å². The number of benzene rings is 1. The van der Waals surface area contributed by atoms with E-state index in [4.69, 9.17) is 4.74 Å². The second-order valence-electron chi connectivity index (χ2n) is 7.81. The largest absolute Gasteiger partial charge is 0.456 e. The van der Waals surface area contributed by atoms with Crippen molar-refractivity contribution in [3.63, 3.8) is 0 Å². The molecular formula is C18H29N3O5S. The minimum atomic E-state index is -3.65. The SMILES string of the molecule is CN(C)c1ccc(S(=O)(=O)N(C)C)cc1NC(=O)COC(=O)CC(C)(C)C. The van der Waals surface area contributed by atoms with Gasteiger partial charge in [-0.2, -0.15) is 0 Å². The molecule has 9 heteroatoms. The van der Waals surface area contributed by atoms with E-state index in [1.807, 2.05) is 20.8 Å². The number of nitrogens with one attached hydrogen (secondary N) is 1. The lowest BCUT2D eigenvalue weighted by molar-refractivity contribution is -0.149. The van der Waals surface area contributed by atoms with Crippen LogP contribution in [0.4, 0.5) is 11.4 Å². The molecule has 1 amide bonds. The molecule has 0 aliphatic carbocycles. The fourth-order valence-electron chi connectivity index (χ4n) is 2.19. The number of hydrogen-bond acceptors (Lipinski definition) is 6. The van der Waals surface area contributed by atoms with E-state index in [0.29, 0.717) is 11.4 Å². The van der Waals surface area contributed by atoms with Crippen LogP contribution < -0.4 is 10.2 Å². The Kier molecular flexibility index (Phi) is 7.39. The Bertz CT molecular complexity index is 796. The molecule has 0 unspecified atom stereocenters. The standard InChI is InChI=1S/C18H29N3O5S/c1-18(2,3)11-17(23)26-12-16(22)19-14-10-13(27(24,25)21(6)7)8-9-15(14)20(4)5/h8-10H,11-12H2,1-7H3,(H,19,22). The third kappa shape index (κ3) is 6.84. The highest BCUT2D eigenvalue weighted by Crippen LogP contribution is 2.28. The summed E-state index contributed by atoms with van der Waals surface area (Å²) in [5.41, 5.74) is 0.711. The first-order valence-corrected chi connectivity index (χ1v) is 9.87. The lowest BCUT2D eigenvalue weighted by Crippen LogP contribution is -2.25. The van der Waals surface area contributed by atoms with Crippen LogP contribution >= 0.6 is 0 Å². The topological polar surface area (TPSA) is 96.0 Å². The second-order valence-corrected chi connectivity index (χ2v) is 9.96. The van der Waals surface area contributed by atoms with Crippen molar-refractivity contribution in [1.82, 2.24) is 4.31 Å². The molecule has 0 aliphatic heterocycles. The predicted molar refractivity (Wildman–Crippen MR) is 105 cm³/mol. The number of nitrogens with zero attached hydrogens (tertiary/aromatic N) is 2. The summed E-state index contributed by atoms with van der Waals surface area (Å²) in [6, 6.07) is 4.47. The Morgan fingerprint density at radius 1 is 1.11 bits per heavy atom. The normalized spacial score (nSPS) is 12.0. The number of sulfonamides is 1. The van der Waals surface area contributed by atoms with Crippen LogP contribution in [0.1, 0.15) is 27.2 Å². The zero-order chi connectivity index (χ0) is 21.0. The van der Waals surface area contributed by atoms with Crippen LogP contribution in [0.15, 0.2) is 23.1 Å². The van der Waals surface area contributed by atoms with Gasteiger partial charge in [-0.15, -0.1) is 0 Å². The van der Waals surface area contributed by atoms with Crippen molar-refractivity contribution < 1.29 is 22.7 Å². The van der Waals surface area contributed by atoms with Crippen LogP contribution in [0.2, 0.25) is 0 Å². The molecule has 152 valence electrons. The Morgan fingerprint density at radius 3 is 2.19 bits per heavy atom. The fraction of sp³-hybridized carbons (Fsp3) is 0.556. The highest BCUT2D eigenvalue weighted by Gasteiger charge is 2.21. The first-order chi connectivity index (χ1) is 12.2. The maximum atomic E-state index is 12.3. The number of carbonyl (C=O) groups excluding carboxylic acids is 2. The smallest absolute Gasteiger partial charge is 0.306 e. The highest BCUT2D eigenvalue weighted by atomic mass is 32.2. The summed E-state index contributed by atoms with van der Waals surface area (Å²) in [5, 5.41) is 2.62. The maximum Gasteiger partial charge on any atom is 0.306 e. The molecule has 1 rings (SSSR count). The molecule has 1 aromatic rings. The molecule has 27 heavy (non-hydrogen) atoms. The van der Waals surface area contributed by atoms with Gasteiger partial charge in [-0.1, -0.05) is 20.8 Å². The average molecular weight is 400 g/mol. The molecule has 0 saturated carbocycles. The molecule has 0 saturated heterocycles. The van der Waals surface area contributed by atoms with Gasteiger partial charge >= 0.3 is 5.97 Å². The van der Waals surface area contributed by atoms with E-state index in [-0.39, 0.29) is 16.7 Å². The van der Waals surface area contributed by atoms with Crippen molar-refractivity contribution in [2.75, 3.05) is 45.0 Å². The number of rotatable bonds is 7. The van der Waals surface area contributed by atoms with Gasteiger partial charge in [0.1, 0.15) is 0 Å². The molecule has 1 aromatic carbocycles. The lowest BCUT2D eigenvalue weighted by atomic mass is 9.92. The summed E-state index contributed by atoms with van der Waals surface area (Å²) in [5.74, 6) is -1.01. The minimum Gasteiger partial charge on any atom is -0.456 e. The predicted octanol–water partition coefficient (Wildman–Crippen LogP) is 1.92. The molecule has 0 radical (unpaired) electrons. The third-order valence-electron chi connectivity index (χ3n) is 3.54. The van der Waals surface area contributed by atoms with Crippen LogP contribution in [-0.2, 0) is 24.3 Å². The van der Waals surface area contributed by atoms with E-state index in [0.717, 1.165) is 4.31 Å². The van der Waals surface area contributed by atoms with E-state index >= 15 is 0 Å². The van der Waals surface area contributed by atoms with Crippen LogP contribution in [-0.4, -0.2) is 59.4 Å². The van der Waals surface area contributed by atoms with Gasteiger partial charge in [0, 0.05) is 28.2 Å². The number of esters is 1. The maximum absolute atomic E-state index is 12.3.